The quantitative estimate of drug-likeness (QED) is 0.773. The summed E-state index contributed by atoms with van der Waals surface area (Å²) in [4.78, 5) is 11.5. The number of rotatable bonds is 4. The number of nitrogens with one attached hydrogen (secondary N) is 1. The third kappa shape index (κ3) is 3.53. The van der Waals surface area contributed by atoms with Crippen molar-refractivity contribution >= 4 is 17.3 Å². The van der Waals surface area contributed by atoms with E-state index >= 15 is 0 Å². The van der Waals surface area contributed by atoms with Gasteiger partial charge in [0.05, 0.1) is 5.69 Å². The average Bonchev–Trinajstić information content (AvgIpc) is 2.23. The van der Waals surface area contributed by atoms with Crippen molar-refractivity contribution in [3.8, 4) is 0 Å². The summed E-state index contributed by atoms with van der Waals surface area (Å²) in [7, 11) is 0. The molecule has 1 rings (SSSR count). The fourth-order valence-electron chi connectivity index (χ4n) is 1.28. The molecule has 0 fully saturated rings. The Morgan fingerprint density at radius 1 is 1.56 bits per heavy atom. The second kappa shape index (κ2) is 5.49. The standard InChI is InChI=1S/C12H17FN2O/c1-3-8(2)6-12(16)15-9-4-5-11(14)10(13)7-9/h4-5,7-8H,3,6,14H2,1-2H3,(H,15,16). The molecule has 0 bridgehead atoms. The number of amides is 1. The molecule has 3 nitrogen and oxygen atoms in total. The van der Waals surface area contributed by atoms with Crippen molar-refractivity contribution in [2.45, 2.75) is 26.7 Å². The zero-order chi connectivity index (χ0) is 12.1. The van der Waals surface area contributed by atoms with E-state index in [4.69, 9.17) is 5.73 Å². The van der Waals surface area contributed by atoms with E-state index in [1.54, 1.807) is 6.07 Å². The fourth-order valence-corrected chi connectivity index (χ4v) is 1.28. The van der Waals surface area contributed by atoms with E-state index < -0.39 is 5.82 Å². The van der Waals surface area contributed by atoms with Gasteiger partial charge in [0.25, 0.3) is 0 Å². The maximum atomic E-state index is 13.1. The monoisotopic (exact) mass is 224 g/mol. The third-order valence-corrected chi connectivity index (χ3v) is 2.51. The smallest absolute Gasteiger partial charge is 0.224 e. The van der Waals surface area contributed by atoms with E-state index in [0.717, 1.165) is 6.42 Å². The van der Waals surface area contributed by atoms with Crippen LogP contribution in [0.3, 0.4) is 0 Å². The molecule has 0 aliphatic rings. The highest BCUT2D eigenvalue weighted by Gasteiger charge is 2.08. The largest absolute Gasteiger partial charge is 0.396 e. The number of hydrogen-bond acceptors (Lipinski definition) is 2. The number of benzene rings is 1. The highest BCUT2D eigenvalue weighted by atomic mass is 19.1. The Bertz CT molecular complexity index is 379. The molecule has 4 heteroatoms. The van der Waals surface area contributed by atoms with Gasteiger partial charge in [-0.1, -0.05) is 20.3 Å². The van der Waals surface area contributed by atoms with E-state index in [0.29, 0.717) is 18.0 Å². The number of nitrogens with two attached hydrogens (primary N) is 1. The van der Waals surface area contributed by atoms with E-state index in [2.05, 4.69) is 5.32 Å². The van der Waals surface area contributed by atoms with Crippen LogP contribution in [0.25, 0.3) is 0 Å². The van der Waals surface area contributed by atoms with Crippen LogP contribution >= 0.6 is 0 Å². The van der Waals surface area contributed by atoms with Crippen molar-refractivity contribution in [2.75, 3.05) is 11.1 Å². The zero-order valence-corrected chi connectivity index (χ0v) is 9.59. The molecule has 0 saturated carbocycles. The summed E-state index contributed by atoms with van der Waals surface area (Å²) in [6.07, 6.45) is 1.39. The van der Waals surface area contributed by atoms with Gasteiger partial charge in [0.15, 0.2) is 0 Å². The SMILES string of the molecule is CCC(C)CC(=O)Nc1ccc(N)c(F)c1. The molecule has 0 aromatic heterocycles. The van der Waals surface area contributed by atoms with Crippen molar-refractivity contribution in [3.63, 3.8) is 0 Å². The van der Waals surface area contributed by atoms with E-state index in [9.17, 15) is 9.18 Å². The molecule has 0 spiro atoms. The summed E-state index contributed by atoms with van der Waals surface area (Å²) in [5.41, 5.74) is 5.86. The van der Waals surface area contributed by atoms with Gasteiger partial charge in [-0.15, -0.1) is 0 Å². The zero-order valence-electron chi connectivity index (χ0n) is 9.59. The van der Waals surface area contributed by atoms with Gasteiger partial charge >= 0.3 is 0 Å². The first-order valence-corrected chi connectivity index (χ1v) is 5.37. The van der Waals surface area contributed by atoms with Crippen LogP contribution in [0.4, 0.5) is 15.8 Å². The summed E-state index contributed by atoms with van der Waals surface area (Å²) < 4.78 is 13.1. The molecule has 0 saturated heterocycles. The third-order valence-electron chi connectivity index (χ3n) is 2.51. The number of carbonyl (C=O) groups excluding carboxylic acids is 1. The molecular weight excluding hydrogens is 207 g/mol. The molecule has 0 aliphatic carbocycles. The lowest BCUT2D eigenvalue weighted by molar-refractivity contribution is -0.117. The molecule has 1 aromatic rings. The minimum Gasteiger partial charge on any atom is -0.396 e. The van der Waals surface area contributed by atoms with Gasteiger partial charge < -0.3 is 11.1 Å². The predicted molar refractivity (Wildman–Crippen MR) is 63.5 cm³/mol. The van der Waals surface area contributed by atoms with E-state index in [1.165, 1.54) is 12.1 Å². The Morgan fingerprint density at radius 2 is 2.25 bits per heavy atom. The van der Waals surface area contributed by atoms with Crippen LogP contribution in [-0.4, -0.2) is 5.91 Å². The predicted octanol–water partition coefficient (Wildman–Crippen LogP) is 2.78. The topological polar surface area (TPSA) is 55.1 Å². The minimum absolute atomic E-state index is 0.0833. The van der Waals surface area contributed by atoms with Gasteiger partial charge in [0, 0.05) is 12.1 Å². The molecule has 1 aromatic carbocycles. The Labute approximate surface area is 94.8 Å². The summed E-state index contributed by atoms with van der Waals surface area (Å²) >= 11 is 0. The Morgan fingerprint density at radius 3 is 2.81 bits per heavy atom. The molecular formula is C12H17FN2O. The molecule has 88 valence electrons. The van der Waals surface area contributed by atoms with Crippen molar-refractivity contribution in [1.29, 1.82) is 0 Å². The molecule has 16 heavy (non-hydrogen) atoms. The molecule has 0 radical (unpaired) electrons. The number of carbonyl (C=O) groups is 1. The summed E-state index contributed by atoms with van der Waals surface area (Å²) in [6.45, 7) is 4.03. The lowest BCUT2D eigenvalue weighted by Crippen LogP contribution is -2.15. The van der Waals surface area contributed by atoms with Crippen LogP contribution in [0.15, 0.2) is 18.2 Å². The van der Waals surface area contributed by atoms with Crippen molar-refractivity contribution in [2.24, 2.45) is 5.92 Å². The lowest BCUT2D eigenvalue weighted by atomic mass is 10.1. The molecule has 1 atom stereocenters. The number of halogens is 1. The van der Waals surface area contributed by atoms with Gasteiger partial charge in [-0.05, 0) is 24.1 Å². The molecule has 1 amide bonds. The van der Waals surface area contributed by atoms with E-state index in [1.807, 2.05) is 13.8 Å². The normalized spacial score (nSPS) is 12.2. The van der Waals surface area contributed by atoms with Gasteiger partial charge in [0.1, 0.15) is 5.82 Å². The van der Waals surface area contributed by atoms with Crippen LogP contribution in [0.5, 0.6) is 0 Å². The number of anilines is 2. The highest BCUT2D eigenvalue weighted by molar-refractivity contribution is 5.91. The fraction of sp³-hybridized carbons (Fsp3) is 0.417. The molecule has 3 N–H and O–H groups in total. The maximum absolute atomic E-state index is 13.1. The van der Waals surface area contributed by atoms with Crippen molar-refractivity contribution in [3.05, 3.63) is 24.0 Å². The maximum Gasteiger partial charge on any atom is 0.224 e. The Kier molecular flexibility index (Phi) is 4.28. The number of hydrogen-bond donors (Lipinski definition) is 2. The first-order valence-electron chi connectivity index (χ1n) is 5.37. The summed E-state index contributed by atoms with van der Waals surface area (Å²) in [5, 5.41) is 2.64. The van der Waals surface area contributed by atoms with Crippen molar-refractivity contribution in [1.82, 2.24) is 0 Å². The highest BCUT2D eigenvalue weighted by Crippen LogP contribution is 2.16. The Hall–Kier alpha value is -1.58. The summed E-state index contributed by atoms with van der Waals surface area (Å²) in [6, 6.07) is 4.25. The molecule has 0 aliphatic heterocycles. The van der Waals surface area contributed by atoms with Gasteiger partial charge in [-0.2, -0.15) is 0 Å². The lowest BCUT2D eigenvalue weighted by Gasteiger charge is -2.09. The van der Waals surface area contributed by atoms with Gasteiger partial charge in [-0.3, -0.25) is 4.79 Å². The van der Waals surface area contributed by atoms with Crippen molar-refractivity contribution < 1.29 is 9.18 Å². The van der Waals surface area contributed by atoms with Crippen LogP contribution in [0.1, 0.15) is 26.7 Å². The van der Waals surface area contributed by atoms with Crippen LogP contribution in [0, 0.1) is 11.7 Å². The van der Waals surface area contributed by atoms with Crippen LogP contribution < -0.4 is 11.1 Å². The first-order chi connectivity index (χ1) is 7.52. The van der Waals surface area contributed by atoms with E-state index in [-0.39, 0.29) is 11.6 Å². The second-order valence-corrected chi connectivity index (χ2v) is 4.00. The van der Waals surface area contributed by atoms with Gasteiger partial charge in [0.2, 0.25) is 5.91 Å². The second-order valence-electron chi connectivity index (χ2n) is 4.00. The molecule has 0 heterocycles. The summed E-state index contributed by atoms with van der Waals surface area (Å²) in [5.74, 6) is -0.279. The van der Waals surface area contributed by atoms with Crippen LogP contribution in [0.2, 0.25) is 0 Å². The molecule has 1 unspecified atom stereocenters. The minimum atomic E-state index is -0.513. The number of nitrogen functional groups attached to an aromatic ring is 1. The first kappa shape index (κ1) is 12.5. The Balaban J connectivity index is 2.59. The van der Waals surface area contributed by atoms with Gasteiger partial charge in [-0.25, -0.2) is 4.39 Å². The van der Waals surface area contributed by atoms with Crippen LogP contribution in [-0.2, 0) is 4.79 Å². The average molecular weight is 224 g/mol.